The Morgan fingerprint density at radius 3 is 2.55 bits per heavy atom. The molecule has 148 valence electrons. The molecule has 1 aliphatic carbocycles. The fourth-order valence-corrected chi connectivity index (χ4v) is 7.76. The van der Waals surface area contributed by atoms with Gasteiger partial charge >= 0.3 is 0 Å². The van der Waals surface area contributed by atoms with Crippen LogP contribution in [0.5, 0.6) is 0 Å². The van der Waals surface area contributed by atoms with E-state index in [2.05, 4.69) is 17.2 Å². The van der Waals surface area contributed by atoms with Crippen LogP contribution in [-0.2, 0) is 15.4 Å². The minimum atomic E-state index is -3.41. The van der Waals surface area contributed by atoms with E-state index >= 15 is 0 Å². The number of sulfone groups is 1. The second-order valence-corrected chi connectivity index (χ2v) is 11.5. The highest BCUT2D eigenvalue weighted by Gasteiger charge is 2.63. The number of halogens is 1. The molecule has 1 saturated heterocycles. The predicted octanol–water partition coefficient (Wildman–Crippen LogP) is 4.31. The highest BCUT2D eigenvalue weighted by Crippen LogP contribution is 2.49. The van der Waals surface area contributed by atoms with Crippen molar-refractivity contribution in [2.24, 2.45) is 0 Å². The molecule has 1 spiro atoms. The average molecular weight is 427 g/mol. The molecule has 1 atom stereocenters. The molecule has 1 saturated carbocycles. The predicted molar refractivity (Wildman–Crippen MR) is 116 cm³/mol. The Balaban J connectivity index is 1.67. The van der Waals surface area contributed by atoms with Crippen LogP contribution in [0.15, 0.2) is 30.3 Å². The Kier molecular flexibility index (Phi) is 3.72. The van der Waals surface area contributed by atoms with E-state index in [4.69, 9.17) is 5.41 Å². The molecule has 0 radical (unpaired) electrons. The third-order valence-corrected chi connectivity index (χ3v) is 9.98. The first-order chi connectivity index (χ1) is 13.7. The highest BCUT2D eigenvalue weighted by atomic mass is 32.2. The van der Waals surface area contributed by atoms with E-state index in [1.165, 1.54) is 17.4 Å². The van der Waals surface area contributed by atoms with Crippen molar-refractivity contribution >= 4 is 47.2 Å². The SMILES string of the molecule is CC#Cc1cc2c(cc1F)sc1ccc([C@]3(C)CS(=O)(=O)C4(CC4)C(=N)N3)cc12. The lowest BCUT2D eigenvalue weighted by Gasteiger charge is -2.40. The monoisotopic (exact) mass is 426 g/mol. The maximum absolute atomic E-state index is 14.3. The Morgan fingerprint density at radius 1 is 1.17 bits per heavy atom. The largest absolute Gasteiger partial charge is 0.362 e. The Bertz CT molecular complexity index is 1390. The number of hydrogen-bond acceptors (Lipinski definition) is 4. The van der Waals surface area contributed by atoms with E-state index in [0.29, 0.717) is 18.4 Å². The number of amidine groups is 1. The smallest absolute Gasteiger partial charge is 0.165 e. The van der Waals surface area contributed by atoms with Crippen LogP contribution in [0.4, 0.5) is 4.39 Å². The van der Waals surface area contributed by atoms with Gasteiger partial charge in [-0.25, -0.2) is 12.8 Å². The van der Waals surface area contributed by atoms with Crippen molar-refractivity contribution in [2.75, 3.05) is 5.75 Å². The van der Waals surface area contributed by atoms with Crippen molar-refractivity contribution in [1.82, 2.24) is 5.32 Å². The molecular formula is C22H19FN2O2S2. The summed E-state index contributed by atoms with van der Waals surface area (Å²) in [6.45, 7) is 3.50. The van der Waals surface area contributed by atoms with Crippen LogP contribution in [0.1, 0.15) is 37.8 Å². The van der Waals surface area contributed by atoms with Crippen LogP contribution in [0, 0.1) is 23.1 Å². The van der Waals surface area contributed by atoms with Crippen molar-refractivity contribution in [3.05, 3.63) is 47.3 Å². The molecule has 1 aliphatic heterocycles. The van der Waals surface area contributed by atoms with Gasteiger partial charge in [0.05, 0.1) is 16.9 Å². The first-order valence-electron chi connectivity index (χ1n) is 9.38. The van der Waals surface area contributed by atoms with Gasteiger partial charge in [-0.1, -0.05) is 12.0 Å². The molecule has 2 aromatic carbocycles. The highest BCUT2D eigenvalue weighted by molar-refractivity contribution is 7.94. The van der Waals surface area contributed by atoms with Crippen LogP contribution >= 0.6 is 11.3 Å². The summed E-state index contributed by atoms with van der Waals surface area (Å²) in [6, 6.07) is 9.09. The van der Waals surface area contributed by atoms with Crippen molar-refractivity contribution in [3.63, 3.8) is 0 Å². The van der Waals surface area contributed by atoms with Gasteiger partial charge < -0.3 is 5.32 Å². The van der Waals surface area contributed by atoms with Crippen molar-refractivity contribution in [2.45, 2.75) is 37.0 Å². The molecule has 4 nitrogen and oxygen atoms in total. The van der Waals surface area contributed by atoms with Gasteiger partial charge in [-0.15, -0.1) is 17.3 Å². The maximum Gasteiger partial charge on any atom is 0.165 e. The Morgan fingerprint density at radius 2 is 1.90 bits per heavy atom. The lowest BCUT2D eigenvalue weighted by Crippen LogP contribution is -2.60. The Hall–Kier alpha value is -2.43. The van der Waals surface area contributed by atoms with Crippen LogP contribution in [0.3, 0.4) is 0 Å². The molecular weight excluding hydrogens is 407 g/mol. The molecule has 5 rings (SSSR count). The Labute approximate surface area is 172 Å². The van der Waals surface area contributed by atoms with Crippen LogP contribution in [-0.4, -0.2) is 24.8 Å². The van der Waals surface area contributed by atoms with Gasteiger partial charge in [0.2, 0.25) is 0 Å². The van der Waals surface area contributed by atoms with Gasteiger partial charge in [-0.2, -0.15) is 0 Å². The van der Waals surface area contributed by atoms with E-state index < -0.39 is 20.1 Å². The summed E-state index contributed by atoms with van der Waals surface area (Å²) in [5, 5.41) is 13.4. The van der Waals surface area contributed by atoms with E-state index in [9.17, 15) is 12.8 Å². The van der Waals surface area contributed by atoms with Gasteiger partial charge in [0.1, 0.15) is 16.4 Å². The number of nitrogens with one attached hydrogen (secondary N) is 2. The summed E-state index contributed by atoms with van der Waals surface area (Å²) in [5.74, 6) is 5.26. The zero-order valence-electron chi connectivity index (χ0n) is 16.0. The third-order valence-electron chi connectivity index (χ3n) is 6.09. The molecule has 2 heterocycles. The summed E-state index contributed by atoms with van der Waals surface area (Å²) < 4.78 is 40.9. The number of hydrogen-bond donors (Lipinski definition) is 2. The molecule has 2 fully saturated rings. The van der Waals surface area contributed by atoms with Gasteiger partial charge in [0.25, 0.3) is 0 Å². The molecule has 2 aliphatic rings. The minimum Gasteiger partial charge on any atom is -0.362 e. The molecule has 3 aromatic rings. The lowest BCUT2D eigenvalue weighted by atomic mass is 9.91. The molecule has 2 N–H and O–H groups in total. The van der Waals surface area contributed by atoms with Gasteiger partial charge in [0, 0.05) is 20.2 Å². The van der Waals surface area contributed by atoms with E-state index in [-0.39, 0.29) is 17.4 Å². The van der Waals surface area contributed by atoms with Crippen molar-refractivity contribution in [1.29, 1.82) is 5.41 Å². The molecule has 0 amide bonds. The topological polar surface area (TPSA) is 70.0 Å². The summed E-state index contributed by atoms with van der Waals surface area (Å²) in [6.07, 6.45) is 1.05. The summed E-state index contributed by atoms with van der Waals surface area (Å²) in [4.78, 5) is 0. The fourth-order valence-electron chi connectivity index (χ4n) is 4.30. The summed E-state index contributed by atoms with van der Waals surface area (Å²) in [5.41, 5.74) is 0.284. The van der Waals surface area contributed by atoms with E-state index in [0.717, 1.165) is 25.7 Å². The fraction of sp³-hybridized carbons (Fsp3) is 0.318. The first-order valence-corrected chi connectivity index (χ1v) is 11.8. The second-order valence-electron chi connectivity index (χ2n) is 8.10. The lowest BCUT2D eigenvalue weighted by molar-refractivity contribution is 0.454. The van der Waals surface area contributed by atoms with Gasteiger partial charge in [-0.3, -0.25) is 5.41 Å². The summed E-state index contributed by atoms with van der Waals surface area (Å²) in [7, 11) is -3.41. The zero-order chi connectivity index (χ0) is 20.6. The van der Waals surface area contributed by atoms with Crippen molar-refractivity contribution in [3.8, 4) is 11.8 Å². The number of fused-ring (bicyclic) bond motifs is 3. The third kappa shape index (κ3) is 2.55. The van der Waals surface area contributed by atoms with Gasteiger partial charge in [0.15, 0.2) is 9.84 Å². The zero-order valence-corrected chi connectivity index (χ0v) is 17.7. The van der Waals surface area contributed by atoms with Crippen LogP contribution < -0.4 is 5.32 Å². The van der Waals surface area contributed by atoms with Crippen LogP contribution in [0.2, 0.25) is 0 Å². The molecule has 29 heavy (non-hydrogen) atoms. The molecule has 7 heteroatoms. The summed E-state index contributed by atoms with van der Waals surface area (Å²) >= 11 is 1.50. The number of benzene rings is 2. The van der Waals surface area contributed by atoms with Crippen molar-refractivity contribution < 1.29 is 12.8 Å². The number of rotatable bonds is 1. The van der Waals surface area contributed by atoms with E-state index in [1.807, 2.05) is 25.1 Å². The maximum atomic E-state index is 14.3. The quantitative estimate of drug-likeness (QED) is 0.570. The van der Waals surface area contributed by atoms with Crippen LogP contribution in [0.25, 0.3) is 20.2 Å². The normalized spacial score (nSPS) is 24.3. The number of thiophene rings is 1. The van der Waals surface area contributed by atoms with Gasteiger partial charge in [-0.05, 0) is 56.5 Å². The molecule has 1 aromatic heterocycles. The first kappa shape index (κ1) is 18.6. The second kappa shape index (κ2) is 5.80. The molecule has 0 unspecified atom stereocenters. The standard InChI is InChI=1S/C22H19FN2O2S2/c1-3-4-13-9-15-16-10-14(5-6-18(16)28-19(15)11-17(13)23)21(2)12-29(26,27)22(7-8-22)20(24)25-21/h5-6,9-11H,7-8,12H2,1-2H3,(H2,24,25)/t21-/m0/s1. The minimum absolute atomic E-state index is 0.0445. The van der Waals surface area contributed by atoms with E-state index in [1.54, 1.807) is 13.0 Å². The molecule has 0 bridgehead atoms. The average Bonchev–Trinajstić information content (AvgIpc) is 3.39.